The molecule has 4 nitrogen and oxygen atoms in total. The fourth-order valence-corrected chi connectivity index (χ4v) is 2.31. The van der Waals surface area contributed by atoms with Crippen LogP contribution in [0.3, 0.4) is 0 Å². The van der Waals surface area contributed by atoms with Crippen molar-refractivity contribution in [3.8, 4) is 11.5 Å². The number of benzene rings is 2. The van der Waals surface area contributed by atoms with Gasteiger partial charge in [-0.2, -0.15) is 0 Å². The van der Waals surface area contributed by atoms with E-state index in [0.29, 0.717) is 17.7 Å². The molecule has 0 fully saturated rings. The molecule has 2 aromatic rings. The zero-order valence-corrected chi connectivity index (χ0v) is 13.1. The standard InChI is InChI=1S/C17H17ClFNO3/c18-14-6-4-12(5-7-15(20)22)16(19)17(14)23-13-3-1-2-11(10-13)8-9-21/h1-4,6,10,21H,5,7-9H2,(H2,20,22). The van der Waals surface area contributed by atoms with Gasteiger partial charge in [-0.25, -0.2) is 4.39 Å². The Morgan fingerprint density at radius 3 is 2.74 bits per heavy atom. The highest BCUT2D eigenvalue weighted by Crippen LogP contribution is 2.34. The van der Waals surface area contributed by atoms with Gasteiger partial charge in [0, 0.05) is 13.0 Å². The quantitative estimate of drug-likeness (QED) is 0.814. The molecule has 1 amide bonds. The van der Waals surface area contributed by atoms with Crippen molar-refractivity contribution in [2.24, 2.45) is 5.73 Å². The minimum atomic E-state index is -0.605. The largest absolute Gasteiger partial charge is 0.453 e. The number of ether oxygens (including phenoxy) is 1. The van der Waals surface area contributed by atoms with Gasteiger partial charge in [0.05, 0.1) is 5.02 Å². The Hall–Kier alpha value is -2.11. The second kappa shape index (κ2) is 7.94. The summed E-state index contributed by atoms with van der Waals surface area (Å²) >= 11 is 6.02. The molecular weight excluding hydrogens is 321 g/mol. The van der Waals surface area contributed by atoms with Crippen LogP contribution >= 0.6 is 11.6 Å². The molecule has 3 N–H and O–H groups in total. The third-order valence-electron chi connectivity index (χ3n) is 3.29. The summed E-state index contributed by atoms with van der Waals surface area (Å²) in [7, 11) is 0. The molecule has 0 unspecified atom stereocenters. The number of rotatable bonds is 7. The molecule has 0 saturated carbocycles. The number of nitrogens with two attached hydrogens (primary N) is 1. The molecule has 0 spiro atoms. The van der Waals surface area contributed by atoms with E-state index in [-0.39, 0.29) is 30.2 Å². The van der Waals surface area contributed by atoms with Crippen LogP contribution in [0.2, 0.25) is 5.02 Å². The molecule has 0 aliphatic carbocycles. The van der Waals surface area contributed by atoms with Crippen molar-refractivity contribution in [2.75, 3.05) is 6.61 Å². The number of aliphatic hydroxyl groups is 1. The van der Waals surface area contributed by atoms with Gasteiger partial charge in [0.25, 0.3) is 0 Å². The summed E-state index contributed by atoms with van der Waals surface area (Å²) in [5, 5.41) is 9.11. The Morgan fingerprint density at radius 1 is 1.26 bits per heavy atom. The van der Waals surface area contributed by atoms with Crippen LogP contribution in [0.15, 0.2) is 36.4 Å². The van der Waals surface area contributed by atoms with Crippen LogP contribution in [0, 0.1) is 5.82 Å². The van der Waals surface area contributed by atoms with E-state index in [1.165, 1.54) is 12.1 Å². The highest BCUT2D eigenvalue weighted by molar-refractivity contribution is 6.32. The first-order valence-electron chi connectivity index (χ1n) is 7.14. The Bertz CT molecular complexity index is 706. The molecule has 0 aromatic heterocycles. The van der Waals surface area contributed by atoms with Crippen molar-refractivity contribution in [1.29, 1.82) is 0 Å². The molecule has 23 heavy (non-hydrogen) atoms. The van der Waals surface area contributed by atoms with Crippen LogP contribution < -0.4 is 10.5 Å². The van der Waals surface area contributed by atoms with Gasteiger partial charge < -0.3 is 15.6 Å². The van der Waals surface area contributed by atoms with Crippen molar-refractivity contribution in [2.45, 2.75) is 19.3 Å². The lowest BCUT2D eigenvalue weighted by Crippen LogP contribution is -2.11. The molecule has 2 rings (SSSR count). The fourth-order valence-electron chi connectivity index (χ4n) is 2.13. The van der Waals surface area contributed by atoms with Crippen molar-refractivity contribution >= 4 is 17.5 Å². The smallest absolute Gasteiger partial charge is 0.217 e. The number of carbonyl (C=O) groups excluding carboxylic acids is 1. The Morgan fingerprint density at radius 2 is 2.04 bits per heavy atom. The molecule has 0 aliphatic heterocycles. The third kappa shape index (κ3) is 4.68. The number of amides is 1. The van der Waals surface area contributed by atoms with Gasteiger partial charge in [-0.3, -0.25) is 4.79 Å². The maximum absolute atomic E-state index is 14.5. The summed E-state index contributed by atoms with van der Waals surface area (Å²) in [6, 6.07) is 10.0. The Kier molecular flexibility index (Phi) is 5.96. The first-order chi connectivity index (χ1) is 11.0. The molecular formula is C17H17ClFNO3. The van der Waals surface area contributed by atoms with Gasteiger partial charge in [-0.1, -0.05) is 29.8 Å². The van der Waals surface area contributed by atoms with Gasteiger partial charge in [-0.15, -0.1) is 0 Å². The van der Waals surface area contributed by atoms with Crippen LogP contribution in [-0.2, 0) is 17.6 Å². The molecule has 0 saturated heterocycles. The van der Waals surface area contributed by atoms with Gasteiger partial charge in [-0.05, 0) is 42.2 Å². The molecule has 0 atom stereocenters. The van der Waals surface area contributed by atoms with Gasteiger partial charge in [0.2, 0.25) is 5.91 Å². The van der Waals surface area contributed by atoms with E-state index in [4.69, 9.17) is 27.2 Å². The van der Waals surface area contributed by atoms with Gasteiger partial charge >= 0.3 is 0 Å². The van der Waals surface area contributed by atoms with Crippen molar-refractivity contribution in [3.05, 3.63) is 58.4 Å². The lowest BCUT2D eigenvalue weighted by molar-refractivity contribution is -0.118. The maximum Gasteiger partial charge on any atom is 0.217 e. The lowest BCUT2D eigenvalue weighted by Gasteiger charge is -2.12. The number of aryl methyl sites for hydroxylation is 1. The molecule has 0 bridgehead atoms. The van der Waals surface area contributed by atoms with Gasteiger partial charge in [0.15, 0.2) is 11.6 Å². The summed E-state index contributed by atoms with van der Waals surface area (Å²) in [4.78, 5) is 10.8. The summed E-state index contributed by atoms with van der Waals surface area (Å²) in [5.41, 5.74) is 6.27. The molecule has 2 aromatic carbocycles. The predicted molar refractivity (Wildman–Crippen MR) is 86.2 cm³/mol. The van der Waals surface area contributed by atoms with Crippen LogP contribution in [-0.4, -0.2) is 17.6 Å². The maximum atomic E-state index is 14.5. The minimum Gasteiger partial charge on any atom is -0.453 e. The number of hydrogen-bond acceptors (Lipinski definition) is 3. The van der Waals surface area contributed by atoms with Crippen LogP contribution in [0.4, 0.5) is 4.39 Å². The normalized spacial score (nSPS) is 10.6. The van der Waals surface area contributed by atoms with Crippen molar-refractivity contribution < 1.29 is 19.0 Å². The third-order valence-corrected chi connectivity index (χ3v) is 3.59. The predicted octanol–water partition coefficient (Wildman–Crippen LogP) is 3.22. The number of aliphatic hydroxyl groups excluding tert-OH is 1. The van der Waals surface area contributed by atoms with E-state index in [1.54, 1.807) is 18.2 Å². The highest BCUT2D eigenvalue weighted by Gasteiger charge is 2.15. The summed E-state index contributed by atoms with van der Waals surface area (Å²) < 4.78 is 20.1. The van der Waals surface area contributed by atoms with Crippen LogP contribution in [0.25, 0.3) is 0 Å². The van der Waals surface area contributed by atoms with Crippen molar-refractivity contribution in [1.82, 2.24) is 0 Å². The minimum absolute atomic E-state index is 0.0151. The first kappa shape index (κ1) is 17.2. The van der Waals surface area contributed by atoms with Crippen LogP contribution in [0.5, 0.6) is 11.5 Å². The summed E-state index contributed by atoms with van der Waals surface area (Å²) in [5.74, 6) is -0.775. The number of hydrogen-bond donors (Lipinski definition) is 2. The van der Waals surface area contributed by atoms with E-state index in [9.17, 15) is 9.18 Å². The fraction of sp³-hybridized carbons (Fsp3) is 0.235. The highest BCUT2D eigenvalue weighted by atomic mass is 35.5. The zero-order valence-electron chi connectivity index (χ0n) is 12.4. The van der Waals surface area contributed by atoms with Gasteiger partial charge in [0.1, 0.15) is 5.75 Å². The SMILES string of the molecule is NC(=O)CCc1ccc(Cl)c(Oc2cccc(CCO)c2)c1F. The van der Waals surface area contributed by atoms with E-state index in [0.717, 1.165) is 5.56 Å². The molecule has 122 valence electrons. The molecule has 0 radical (unpaired) electrons. The summed E-state index contributed by atoms with van der Waals surface area (Å²) in [6.45, 7) is 0.0151. The van der Waals surface area contributed by atoms with E-state index < -0.39 is 11.7 Å². The second-order valence-corrected chi connectivity index (χ2v) is 5.45. The number of carbonyl (C=O) groups is 1. The molecule has 0 heterocycles. The number of primary amides is 1. The summed E-state index contributed by atoms with van der Waals surface area (Å²) in [6.07, 6.45) is 0.704. The molecule has 6 heteroatoms. The Balaban J connectivity index is 2.26. The lowest BCUT2D eigenvalue weighted by atomic mass is 10.1. The molecule has 0 aliphatic rings. The topological polar surface area (TPSA) is 72.6 Å². The average molecular weight is 338 g/mol. The number of halogens is 2. The second-order valence-electron chi connectivity index (χ2n) is 5.04. The van der Waals surface area contributed by atoms with E-state index in [2.05, 4.69) is 0 Å². The van der Waals surface area contributed by atoms with E-state index >= 15 is 0 Å². The van der Waals surface area contributed by atoms with Crippen molar-refractivity contribution in [3.63, 3.8) is 0 Å². The van der Waals surface area contributed by atoms with Crippen LogP contribution in [0.1, 0.15) is 17.5 Å². The van der Waals surface area contributed by atoms with E-state index in [1.807, 2.05) is 6.07 Å². The zero-order chi connectivity index (χ0) is 16.8. The Labute approximate surface area is 138 Å². The average Bonchev–Trinajstić information content (AvgIpc) is 2.51. The monoisotopic (exact) mass is 337 g/mol. The first-order valence-corrected chi connectivity index (χ1v) is 7.52.